The fraction of sp³-hybridized carbons (Fsp3) is 0.487. The second kappa shape index (κ2) is 18.1. The number of Topliss-reactive ketones (excluding diaryl/α,β-unsaturated/α-hetero) is 1. The molecular weight excluding hydrogens is 634 g/mol. The molecule has 8 heteroatoms. The summed E-state index contributed by atoms with van der Waals surface area (Å²) in [5.74, 6) is 0.564. The van der Waals surface area contributed by atoms with Gasteiger partial charge in [0.05, 0.1) is 12.0 Å². The third kappa shape index (κ3) is 10.6. The number of halogens is 3. The number of carbonyl (C=O) groups is 2. The van der Waals surface area contributed by atoms with Gasteiger partial charge in [0.25, 0.3) is 0 Å². The number of hydrogen-bond donors (Lipinski definition) is 0. The van der Waals surface area contributed by atoms with Crippen LogP contribution in [0.5, 0.6) is 0 Å². The van der Waals surface area contributed by atoms with Gasteiger partial charge in [0.1, 0.15) is 5.82 Å². The van der Waals surface area contributed by atoms with Crippen molar-refractivity contribution in [3.8, 4) is 0 Å². The second-order valence-electron chi connectivity index (χ2n) is 13.5. The minimum Gasteiger partial charge on any atom is -0.465 e. The molecule has 0 saturated carbocycles. The lowest BCUT2D eigenvalue weighted by molar-refractivity contribution is -0.148. The third-order valence-electron chi connectivity index (χ3n) is 9.83. The molecular formula is C39H51Cl2FN2O3. The van der Waals surface area contributed by atoms with Gasteiger partial charge >= 0.3 is 5.97 Å². The number of nitrogens with zero attached hydrogens (tertiary/aromatic N) is 2. The molecule has 0 aliphatic carbocycles. The predicted molar refractivity (Wildman–Crippen MR) is 192 cm³/mol. The van der Waals surface area contributed by atoms with E-state index >= 15 is 0 Å². The SMILES string of the molecule is CCOC(=O)C(C)(C)c1ccc(CN2CCc3ccc(C(=O)CCCC4CCN(Cc5ccc(F)cc5)CC4)cc3CC2)cc1.Cl.Cl. The van der Waals surface area contributed by atoms with Crippen molar-refractivity contribution >= 4 is 36.6 Å². The van der Waals surface area contributed by atoms with Crippen LogP contribution in [0.1, 0.15) is 91.1 Å². The number of ketones is 1. The van der Waals surface area contributed by atoms with Crippen molar-refractivity contribution in [3.63, 3.8) is 0 Å². The third-order valence-corrected chi connectivity index (χ3v) is 9.83. The first kappa shape index (κ1) is 38.7. The van der Waals surface area contributed by atoms with Crippen molar-refractivity contribution in [1.82, 2.24) is 9.80 Å². The van der Waals surface area contributed by atoms with Crippen LogP contribution in [0.15, 0.2) is 66.7 Å². The summed E-state index contributed by atoms with van der Waals surface area (Å²) in [7, 11) is 0. The maximum absolute atomic E-state index is 13.2. The van der Waals surface area contributed by atoms with Crippen LogP contribution in [0, 0.1) is 11.7 Å². The molecule has 0 amide bonds. The molecule has 1 fully saturated rings. The van der Waals surface area contributed by atoms with E-state index in [0.717, 1.165) is 81.6 Å². The summed E-state index contributed by atoms with van der Waals surface area (Å²) in [4.78, 5) is 30.5. The molecule has 0 bridgehead atoms. The minimum absolute atomic E-state index is 0. The lowest BCUT2D eigenvalue weighted by atomic mass is 9.84. The van der Waals surface area contributed by atoms with Gasteiger partial charge in [0.15, 0.2) is 5.78 Å². The van der Waals surface area contributed by atoms with E-state index in [1.165, 1.54) is 41.7 Å². The zero-order valence-corrected chi connectivity index (χ0v) is 29.8. The lowest BCUT2D eigenvalue weighted by Gasteiger charge is -2.32. The summed E-state index contributed by atoms with van der Waals surface area (Å²) in [5, 5.41) is 0. The van der Waals surface area contributed by atoms with E-state index in [0.29, 0.717) is 18.9 Å². The molecule has 256 valence electrons. The molecule has 47 heavy (non-hydrogen) atoms. The summed E-state index contributed by atoms with van der Waals surface area (Å²) in [6.45, 7) is 11.9. The maximum atomic E-state index is 13.2. The molecule has 0 N–H and O–H groups in total. The molecule has 3 aromatic rings. The molecule has 0 radical (unpaired) electrons. The molecule has 0 aromatic heterocycles. The van der Waals surface area contributed by atoms with Crippen LogP contribution in [0.2, 0.25) is 0 Å². The van der Waals surface area contributed by atoms with Crippen molar-refractivity contribution in [2.24, 2.45) is 5.92 Å². The van der Waals surface area contributed by atoms with E-state index in [4.69, 9.17) is 4.74 Å². The summed E-state index contributed by atoms with van der Waals surface area (Å²) in [6, 6.07) is 21.6. The highest BCUT2D eigenvalue weighted by atomic mass is 35.5. The molecule has 0 spiro atoms. The number of benzene rings is 3. The average Bonchev–Trinajstić information content (AvgIpc) is 3.25. The van der Waals surface area contributed by atoms with E-state index in [2.05, 4.69) is 46.2 Å². The number of hydrogen-bond acceptors (Lipinski definition) is 5. The number of piperidine rings is 1. The van der Waals surface area contributed by atoms with Gasteiger partial charge in [-0.15, -0.1) is 24.8 Å². The van der Waals surface area contributed by atoms with E-state index in [9.17, 15) is 14.0 Å². The van der Waals surface area contributed by atoms with Gasteiger partial charge in [0.2, 0.25) is 0 Å². The van der Waals surface area contributed by atoms with Crippen LogP contribution in [-0.2, 0) is 40.9 Å². The van der Waals surface area contributed by atoms with Gasteiger partial charge in [-0.2, -0.15) is 0 Å². The minimum atomic E-state index is -0.668. The molecule has 0 atom stereocenters. The zero-order chi connectivity index (χ0) is 31.8. The molecule has 1 saturated heterocycles. The molecule has 5 nitrogen and oxygen atoms in total. The summed E-state index contributed by atoms with van der Waals surface area (Å²) >= 11 is 0. The highest BCUT2D eigenvalue weighted by Gasteiger charge is 2.31. The summed E-state index contributed by atoms with van der Waals surface area (Å²) in [5.41, 5.74) is 6.22. The van der Waals surface area contributed by atoms with Crippen molar-refractivity contribution in [2.75, 3.05) is 32.8 Å². The van der Waals surface area contributed by atoms with Gasteiger partial charge in [-0.05, 0) is 124 Å². The smallest absolute Gasteiger partial charge is 0.315 e. The van der Waals surface area contributed by atoms with Gasteiger partial charge in [-0.1, -0.05) is 48.5 Å². The van der Waals surface area contributed by atoms with Crippen LogP contribution < -0.4 is 0 Å². The first-order valence-corrected chi connectivity index (χ1v) is 16.8. The Balaban J connectivity index is 0.00000300. The van der Waals surface area contributed by atoms with Gasteiger partial charge < -0.3 is 4.74 Å². The number of carbonyl (C=O) groups excluding carboxylic acids is 2. The normalized spacial score (nSPS) is 15.9. The number of ether oxygens (including phenoxy) is 1. The monoisotopic (exact) mass is 684 g/mol. The Morgan fingerprint density at radius 3 is 2.00 bits per heavy atom. The van der Waals surface area contributed by atoms with Crippen LogP contribution in [0.3, 0.4) is 0 Å². The highest BCUT2D eigenvalue weighted by molar-refractivity contribution is 5.96. The predicted octanol–water partition coefficient (Wildman–Crippen LogP) is 8.38. The Morgan fingerprint density at radius 2 is 1.38 bits per heavy atom. The van der Waals surface area contributed by atoms with Crippen LogP contribution >= 0.6 is 24.8 Å². The molecule has 5 rings (SSSR count). The van der Waals surface area contributed by atoms with Crippen LogP contribution in [0.4, 0.5) is 4.39 Å². The zero-order valence-electron chi connectivity index (χ0n) is 28.1. The summed E-state index contributed by atoms with van der Waals surface area (Å²) in [6.07, 6.45) is 6.93. The number of rotatable bonds is 12. The molecule has 3 aromatic carbocycles. The van der Waals surface area contributed by atoms with Crippen molar-refractivity contribution in [2.45, 2.75) is 84.2 Å². The Bertz CT molecular complexity index is 1440. The fourth-order valence-corrected chi connectivity index (χ4v) is 6.79. The first-order valence-electron chi connectivity index (χ1n) is 16.8. The summed E-state index contributed by atoms with van der Waals surface area (Å²) < 4.78 is 18.5. The lowest BCUT2D eigenvalue weighted by Crippen LogP contribution is -2.33. The number of likely N-dealkylation sites (tertiary alicyclic amines) is 1. The maximum Gasteiger partial charge on any atom is 0.315 e. The van der Waals surface area contributed by atoms with Crippen LogP contribution in [-0.4, -0.2) is 54.3 Å². The molecule has 2 aliphatic rings. The standard InChI is InChI=1S/C39H49FN2O3.2ClH/c1-4-45-38(44)39(2,3)35-14-8-30(9-15-35)27-42-24-20-32-12-13-34(26-33(32)21-25-42)37(43)7-5-6-29-18-22-41(23-19-29)28-31-10-16-36(40)17-11-31;;/h8-17,26,29H,4-7,18-25,27-28H2,1-3H3;2*1H. The quantitative estimate of drug-likeness (QED) is 0.142. The molecule has 0 unspecified atom stereocenters. The van der Waals surface area contributed by atoms with Crippen molar-refractivity contribution in [3.05, 3.63) is 106 Å². The molecule has 2 aliphatic heterocycles. The van der Waals surface area contributed by atoms with Gasteiger partial charge in [-0.25, -0.2) is 4.39 Å². The van der Waals surface area contributed by atoms with Gasteiger partial charge in [0, 0.05) is 38.2 Å². The largest absolute Gasteiger partial charge is 0.465 e. The van der Waals surface area contributed by atoms with Crippen LogP contribution in [0.25, 0.3) is 0 Å². The van der Waals surface area contributed by atoms with E-state index in [1.807, 2.05) is 39.0 Å². The first-order chi connectivity index (χ1) is 21.7. The Morgan fingerprint density at radius 1 is 0.809 bits per heavy atom. The van der Waals surface area contributed by atoms with E-state index in [1.54, 1.807) is 0 Å². The second-order valence-corrected chi connectivity index (χ2v) is 13.5. The molecule has 2 heterocycles. The number of fused-ring (bicyclic) bond motifs is 1. The van der Waals surface area contributed by atoms with Gasteiger partial charge in [-0.3, -0.25) is 19.4 Å². The van der Waals surface area contributed by atoms with Crippen molar-refractivity contribution in [1.29, 1.82) is 0 Å². The van der Waals surface area contributed by atoms with E-state index in [-0.39, 0.29) is 42.4 Å². The Kier molecular flexibility index (Phi) is 14.9. The topological polar surface area (TPSA) is 49.9 Å². The Hall–Kier alpha value is -2.77. The Labute approximate surface area is 293 Å². The average molecular weight is 686 g/mol. The fourth-order valence-electron chi connectivity index (χ4n) is 6.79. The highest BCUT2D eigenvalue weighted by Crippen LogP contribution is 2.27. The van der Waals surface area contributed by atoms with E-state index < -0.39 is 5.41 Å². The van der Waals surface area contributed by atoms with Crippen molar-refractivity contribution < 1.29 is 18.7 Å². The number of esters is 1.